The van der Waals surface area contributed by atoms with Crippen molar-refractivity contribution in [2.24, 2.45) is 0 Å². The second-order valence-electron chi connectivity index (χ2n) is 4.23. The van der Waals surface area contributed by atoms with Crippen molar-refractivity contribution >= 4 is 11.3 Å². The lowest BCUT2D eigenvalue weighted by molar-refractivity contribution is 0.380. The van der Waals surface area contributed by atoms with Crippen LogP contribution in [0.15, 0.2) is 40.5 Å². The lowest BCUT2D eigenvalue weighted by Crippen LogP contribution is -1.91. The fourth-order valence-corrected chi connectivity index (χ4v) is 2.38. The minimum atomic E-state index is 0.571. The standard InChI is InChI=1S/C14H10N4OS/c15-7-11-3-1-10(2-4-11)5-14-17-13(18-19-14)6-12-8-16-9-20-12/h1-4,8-9H,5-6H2. The number of hydrogen-bond acceptors (Lipinski definition) is 6. The molecule has 3 rings (SSSR count). The van der Waals surface area contributed by atoms with Crippen LogP contribution in [-0.4, -0.2) is 15.1 Å². The highest BCUT2D eigenvalue weighted by Gasteiger charge is 2.08. The molecule has 0 bridgehead atoms. The Hall–Kier alpha value is -2.52. The van der Waals surface area contributed by atoms with Crippen LogP contribution < -0.4 is 0 Å². The van der Waals surface area contributed by atoms with Gasteiger partial charge in [0.15, 0.2) is 5.82 Å². The van der Waals surface area contributed by atoms with Gasteiger partial charge in [-0.05, 0) is 17.7 Å². The summed E-state index contributed by atoms with van der Waals surface area (Å²) in [5.74, 6) is 1.24. The van der Waals surface area contributed by atoms with Crippen LogP contribution in [0.3, 0.4) is 0 Å². The molecule has 0 fully saturated rings. The number of nitriles is 1. The summed E-state index contributed by atoms with van der Waals surface area (Å²) in [6.07, 6.45) is 3.02. The van der Waals surface area contributed by atoms with Gasteiger partial charge in [0, 0.05) is 17.5 Å². The third kappa shape index (κ3) is 2.90. The minimum Gasteiger partial charge on any atom is -0.339 e. The Morgan fingerprint density at radius 2 is 2.05 bits per heavy atom. The zero-order valence-electron chi connectivity index (χ0n) is 10.5. The van der Waals surface area contributed by atoms with Crippen LogP contribution in [0.5, 0.6) is 0 Å². The van der Waals surface area contributed by atoms with E-state index in [1.807, 2.05) is 12.1 Å². The maximum Gasteiger partial charge on any atom is 0.231 e. The smallest absolute Gasteiger partial charge is 0.231 e. The molecule has 0 aliphatic rings. The summed E-state index contributed by atoms with van der Waals surface area (Å²) in [6, 6.07) is 9.44. The highest BCUT2D eigenvalue weighted by molar-refractivity contribution is 7.09. The molecule has 3 aromatic rings. The molecule has 0 radical (unpaired) electrons. The van der Waals surface area contributed by atoms with Gasteiger partial charge in [0.1, 0.15) is 0 Å². The van der Waals surface area contributed by atoms with Crippen LogP contribution in [0.4, 0.5) is 0 Å². The summed E-state index contributed by atoms with van der Waals surface area (Å²) >= 11 is 1.57. The third-order valence-corrected chi connectivity index (χ3v) is 3.54. The first-order chi connectivity index (χ1) is 9.83. The van der Waals surface area contributed by atoms with Crippen LogP contribution in [-0.2, 0) is 12.8 Å². The van der Waals surface area contributed by atoms with Crippen molar-refractivity contribution < 1.29 is 4.52 Å². The Balaban J connectivity index is 1.69. The molecule has 0 aliphatic carbocycles. The number of rotatable bonds is 4. The average Bonchev–Trinajstić information content (AvgIpc) is 3.12. The number of thiazole rings is 1. The largest absolute Gasteiger partial charge is 0.339 e. The number of benzene rings is 1. The van der Waals surface area contributed by atoms with E-state index in [0.29, 0.717) is 30.1 Å². The molecule has 2 aromatic heterocycles. The summed E-state index contributed by atoms with van der Waals surface area (Å²) in [4.78, 5) is 9.48. The van der Waals surface area contributed by atoms with Crippen molar-refractivity contribution in [1.82, 2.24) is 15.1 Å². The molecule has 0 N–H and O–H groups in total. The van der Waals surface area contributed by atoms with Crippen LogP contribution in [0, 0.1) is 11.3 Å². The maximum absolute atomic E-state index is 8.75. The third-order valence-electron chi connectivity index (χ3n) is 2.76. The summed E-state index contributed by atoms with van der Waals surface area (Å²) < 4.78 is 5.23. The summed E-state index contributed by atoms with van der Waals surface area (Å²) in [7, 11) is 0. The van der Waals surface area contributed by atoms with E-state index in [9.17, 15) is 0 Å². The Morgan fingerprint density at radius 1 is 1.20 bits per heavy atom. The molecule has 0 spiro atoms. The normalized spacial score (nSPS) is 10.3. The van der Waals surface area contributed by atoms with Gasteiger partial charge in [-0.2, -0.15) is 10.2 Å². The first kappa shape index (κ1) is 12.5. The van der Waals surface area contributed by atoms with Crippen LogP contribution in [0.1, 0.15) is 27.7 Å². The highest BCUT2D eigenvalue weighted by Crippen LogP contribution is 2.13. The SMILES string of the molecule is N#Cc1ccc(Cc2nc(Cc3cncs3)no2)cc1. The molecule has 0 aliphatic heterocycles. The van der Waals surface area contributed by atoms with Crippen molar-refractivity contribution in [2.75, 3.05) is 0 Å². The number of aromatic nitrogens is 3. The lowest BCUT2D eigenvalue weighted by atomic mass is 10.1. The zero-order chi connectivity index (χ0) is 13.8. The second-order valence-corrected chi connectivity index (χ2v) is 5.21. The highest BCUT2D eigenvalue weighted by atomic mass is 32.1. The fourth-order valence-electron chi connectivity index (χ4n) is 1.79. The molecular weight excluding hydrogens is 272 g/mol. The molecule has 1 aromatic carbocycles. The van der Waals surface area contributed by atoms with Gasteiger partial charge in [-0.3, -0.25) is 4.98 Å². The van der Waals surface area contributed by atoms with Gasteiger partial charge in [-0.15, -0.1) is 11.3 Å². The van der Waals surface area contributed by atoms with E-state index in [-0.39, 0.29) is 0 Å². The van der Waals surface area contributed by atoms with Crippen molar-refractivity contribution in [3.05, 3.63) is 63.7 Å². The van der Waals surface area contributed by atoms with Crippen LogP contribution >= 0.6 is 11.3 Å². The van der Waals surface area contributed by atoms with Crippen LogP contribution in [0.2, 0.25) is 0 Å². The topological polar surface area (TPSA) is 75.6 Å². The minimum absolute atomic E-state index is 0.571. The van der Waals surface area contributed by atoms with Gasteiger partial charge in [0.25, 0.3) is 0 Å². The van der Waals surface area contributed by atoms with Gasteiger partial charge in [-0.1, -0.05) is 17.3 Å². The molecule has 20 heavy (non-hydrogen) atoms. The van der Waals surface area contributed by atoms with Crippen molar-refractivity contribution in [2.45, 2.75) is 12.8 Å². The van der Waals surface area contributed by atoms with Gasteiger partial charge >= 0.3 is 0 Å². The first-order valence-electron chi connectivity index (χ1n) is 6.01. The lowest BCUT2D eigenvalue weighted by Gasteiger charge is -1.95. The van der Waals surface area contributed by atoms with Crippen molar-refractivity contribution in [1.29, 1.82) is 5.26 Å². The monoisotopic (exact) mass is 282 g/mol. The first-order valence-corrected chi connectivity index (χ1v) is 6.89. The van der Waals surface area contributed by atoms with E-state index in [0.717, 1.165) is 10.4 Å². The van der Waals surface area contributed by atoms with E-state index in [4.69, 9.17) is 9.78 Å². The molecule has 0 saturated heterocycles. The van der Waals surface area contributed by atoms with E-state index in [2.05, 4.69) is 21.2 Å². The van der Waals surface area contributed by atoms with Gasteiger partial charge in [0.2, 0.25) is 5.89 Å². The van der Waals surface area contributed by atoms with Gasteiger partial charge in [0.05, 0.1) is 23.6 Å². The molecule has 0 atom stereocenters. The molecule has 98 valence electrons. The quantitative estimate of drug-likeness (QED) is 0.735. The van der Waals surface area contributed by atoms with Crippen molar-refractivity contribution in [3.63, 3.8) is 0 Å². The predicted octanol–water partition coefficient (Wildman–Crippen LogP) is 2.58. The van der Waals surface area contributed by atoms with E-state index < -0.39 is 0 Å². The number of nitrogens with zero attached hydrogens (tertiary/aromatic N) is 4. The predicted molar refractivity (Wildman–Crippen MR) is 73.2 cm³/mol. The second kappa shape index (κ2) is 5.63. The molecule has 0 amide bonds. The fraction of sp³-hybridized carbons (Fsp3) is 0.143. The maximum atomic E-state index is 8.75. The summed E-state index contributed by atoms with van der Waals surface area (Å²) in [6.45, 7) is 0. The number of hydrogen-bond donors (Lipinski definition) is 0. The summed E-state index contributed by atoms with van der Waals surface area (Å²) in [5.41, 5.74) is 3.47. The van der Waals surface area contributed by atoms with Gasteiger partial charge < -0.3 is 4.52 Å². The Labute approximate surface area is 119 Å². The molecule has 0 saturated carbocycles. The zero-order valence-corrected chi connectivity index (χ0v) is 11.3. The molecule has 0 unspecified atom stereocenters. The van der Waals surface area contributed by atoms with Gasteiger partial charge in [-0.25, -0.2) is 0 Å². The van der Waals surface area contributed by atoms with E-state index in [1.54, 1.807) is 35.2 Å². The average molecular weight is 282 g/mol. The van der Waals surface area contributed by atoms with Crippen molar-refractivity contribution in [3.8, 4) is 6.07 Å². The summed E-state index contributed by atoms with van der Waals surface area (Å²) in [5, 5.41) is 12.7. The molecule has 2 heterocycles. The Kier molecular flexibility index (Phi) is 3.52. The molecule has 5 nitrogen and oxygen atoms in total. The molecule has 6 heteroatoms. The Bertz CT molecular complexity index is 725. The Morgan fingerprint density at radius 3 is 2.75 bits per heavy atom. The van der Waals surface area contributed by atoms with E-state index >= 15 is 0 Å². The molecular formula is C14H10N4OS. The van der Waals surface area contributed by atoms with Crippen LogP contribution in [0.25, 0.3) is 0 Å². The van der Waals surface area contributed by atoms with E-state index in [1.165, 1.54) is 0 Å².